The van der Waals surface area contributed by atoms with Crippen LogP contribution in [0.2, 0.25) is 0 Å². The summed E-state index contributed by atoms with van der Waals surface area (Å²) in [5.74, 6) is 0. The molecule has 0 fully saturated rings. The van der Waals surface area contributed by atoms with E-state index < -0.39 is 0 Å². The maximum Gasteiger partial charge on any atom is 0.148 e. The minimum absolute atomic E-state index is 0. The summed E-state index contributed by atoms with van der Waals surface area (Å²) in [4.78, 5) is 14.2. The van der Waals surface area contributed by atoms with Gasteiger partial charge >= 0.3 is 0 Å². The van der Waals surface area contributed by atoms with Crippen LogP contribution >= 0.6 is 11.3 Å². The molecule has 0 saturated carbocycles. The van der Waals surface area contributed by atoms with Crippen molar-refractivity contribution in [1.82, 2.24) is 15.0 Å². The molecule has 295 valence electrons. The predicted octanol–water partition coefficient (Wildman–Crippen LogP) is 14.4. The van der Waals surface area contributed by atoms with Gasteiger partial charge in [0, 0.05) is 43.3 Å². The van der Waals surface area contributed by atoms with Crippen LogP contribution in [0.25, 0.3) is 65.8 Å². The van der Waals surface area contributed by atoms with Crippen molar-refractivity contribution in [3.8, 4) is 33.6 Å². The van der Waals surface area contributed by atoms with E-state index in [2.05, 4.69) is 166 Å². The van der Waals surface area contributed by atoms with Crippen molar-refractivity contribution in [2.75, 3.05) is 0 Å². The number of aromatic nitrogens is 3. The zero-order valence-electron chi connectivity index (χ0n) is 35.1. The number of hydrogen-bond donors (Lipinski definition) is 0. The third kappa shape index (κ3) is 9.80. The molecule has 1 radical (unpaired) electrons. The zero-order valence-corrected chi connectivity index (χ0v) is 38.4. The number of hydrogen-bond acceptors (Lipinski definition) is 5. The van der Waals surface area contributed by atoms with Crippen molar-refractivity contribution in [3.63, 3.8) is 0 Å². The molecule has 4 nitrogen and oxygen atoms in total. The zero-order chi connectivity index (χ0) is 40.0. The molecule has 0 N–H and O–H groups in total. The van der Waals surface area contributed by atoms with Gasteiger partial charge in [-0.05, 0) is 76.4 Å². The minimum atomic E-state index is 0. The molecule has 4 aromatic heterocycles. The first-order valence-electron chi connectivity index (χ1n) is 19.6. The van der Waals surface area contributed by atoms with Crippen LogP contribution in [0.5, 0.6) is 0 Å². The van der Waals surface area contributed by atoms with Crippen LogP contribution in [0.3, 0.4) is 0 Å². The van der Waals surface area contributed by atoms with Gasteiger partial charge in [-0.25, -0.2) is 4.98 Å². The first-order valence-corrected chi connectivity index (χ1v) is 20.4. The van der Waals surface area contributed by atoms with E-state index in [1.807, 2.05) is 24.5 Å². The topological polar surface area (TPSA) is 51.8 Å². The fraction of sp³-hybridized carbons (Fsp3) is 0.314. The van der Waals surface area contributed by atoms with Crippen LogP contribution in [-0.4, -0.2) is 15.0 Å². The Morgan fingerprint density at radius 1 is 0.684 bits per heavy atom. The molecule has 4 heterocycles. The summed E-state index contributed by atoms with van der Waals surface area (Å²) in [7, 11) is 0. The number of aryl methyl sites for hydroxylation is 2. The molecule has 0 saturated heterocycles. The summed E-state index contributed by atoms with van der Waals surface area (Å²) >= 11 is 1.75. The third-order valence-corrected chi connectivity index (χ3v) is 11.3. The number of rotatable bonds is 5. The van der Waals surface area contributed by atoms with E-state index in [1.54, 1.807) is 11.3 Å². The molecule has 6 heteroatoms. The summed E-state index contributed by atoms with van der Waals surface area (Å²) in [5, 5.41) is 3.30. The van der Waals surface area contributed by atoms with Crippen molar-refractivity contribution in [2.24, 2.45) is 10.8 Å². The van der Waals surface area contributed by atoms with E-state index in [1.165, 1.54) is 33.4 Å². The fourth-order valence-electron chi connectivity index (χ4n) is 7.01. The number of benzene rings is 4. The molecule has 0 bridgehead atoms. The average molecular weight is 948 g/mol. The van der Waals surface area contributed by atoms with Crippen molar-refractivity contribution >= 4 is 43.5 Å². The Morgan fingerprint density at radius 2 is 1.40 bits per heavy atom. The van der Waals surface area contributed by atoms with E-state index in [4.69, 9.17) is 14.4 Å². The SMILES string of the molecule is Cc1c[c-]c(-c2cc(-c3ccc(CC(C)(C)C)cc3)ccn2)cc1.Cc1cnc(-c2[c-]ccc3c2oc2c3ccc3sc(C(C)(C)C)nc32)cc1CC(C)(C)C.[Ir]. The van der Waals surface area contributed by atoms with Crippen LogP contribution in [-0.2, 0) is 38.4 Å². The van der Waals surface area contributed by atoms with Crippen LogP contribution < -0.4 is 0 Å². The molecule has 0 amide bonds. The van der Waals surface area contributed by atoms with Gasteiger partial charge in [-0.15, -0.1) is 64.9 Å². The molecule has 8 aromatic rings. The Balaban J connectivity index is 0.000000197. The standard InChI is InChI=1S/C28H29N2OS.C23H24N.Ir/c1-16-15-29-21(13-17(16)14-27(2,3)4)20-10-8-9-18-19-11-12-22-23(25(19)31-24(18)20)30-26(32-22)28(5,6)7;1-17-5-9-20(10-6-17)22-15-21(13-14-24-22)19-11-7-18(8-12-19)16-23(2,3)4;/h8-9,11-13,15H,14H2,1-7H3;5-9,11-15H,16H2,1-4H3;/q2*-1;. The van der Waals surface area contributed by atoms with Gasteiger partial charge in [0.1, 0.15) is 11.1 Å². The average Bonchev–Trinajstić information content (AvgIpc) is 3.75. The van der Waals surface area contributed by atoms with Gasteiger partial charge in [-0.1, -0.05) is 128 Å². The summed E-state index contributed by atoms with van der Waals surface area (Å²) in [5.41, 5.74) is 14.5. The minimum Gasteiger partial charge on any atom is -0.498 e. The molecule has 0 aliphatic rings. The van der Waals surface area contributed by atoms with E-state index in [-0.39, 0.29) is 30.9 Å². The first-order chi connectivity index (χ1) is 26.4. The summed E-state index contributed by atoms with van der Waals surface area (Å²) < 4.78 is 7.68. The van der Waals surface area contributed by atoms with Gasteiger partial charge < -0.3 is 14.4 Å². The second-order valence-corrected chi connectivity index (χ2v) is 19.7. The molecule has 0 atom stereocenters. The first kappa shape index (κ1) is 42.1. The largest absolute Gasteiger partial charge is 0.498 e. The number of nitrogens with zero attached hydrogens (tertiary/aromatic N) is 3. The molecular formula is C51H53IrN3OS-2. The van der Waals surface area contributed by atoms with Gasteiger partial charge in [0.2, 0.25) is 0 Å². The molecule has 0 aliphatic heterocycles. The van der Waals surface area contributed by atoms with Crippen LogP contribution in [0, 0.1) is 36.8 Å². The Morgan fingerprint density at radius 3 is 2.07 bits per heavy atom. The van der Waals surface area contributed by atoms with Gasteiger partial charge in [-0.3, -0.25) is 0 Å². The third-order valence-electron chi connectivity index (χ3n) is 9.82. The summed E-state index contributed by atoms with van der Waals surface area (Å²) in [6.07, 6.45) is 5.94. The second kappa shape index (κ2) is 16.4. The second-order valence-electron chi connectivity index (χ2n) is 18.6. The molecule has 8 rings (SSSR count). The summed E-state index contributed by atoms with van der Waals surface area (Å²) in [6, 6.07) is 36.6. The predicted molar refractivity (Wildman–Crippen MR) is 237 cm³/mol. The monoisotopic (exact) mass is 948 g/mol. The van der Waals surface area contributed by atoms with Crippen molar-refractivity contribution in [3.05, 3.63) is 137 Å². The van der Waals surface area contributed by atoms with Gasteiger partial charge in [0.05, 0.1) is 15.3 Å². The van der Waals surface area contributed by atoms with E-state index in [9.17, 15) is 0 Å². The fourth-order valence-corrected chi connectivity index (χ4v) is 8.03. The Kier molecular flexibility index (Phi) is 12.1. The van der Waals surface area contributed by atoms with Crippen LogP contribution in [0.4, 0.5) is 0 Å². The maximum atomic E-state index is 6.52. The summed E-state index contributed by atoms with van der Waals surface area (Å²) in [6.45, 7) is 24.4. The number of pyridine rings is 2. The smallest absolute Gasteiger partial charge is 0.148 e. The van der Waals surface area contributed by atoms with Crippen LogP contribution in [0.1, 0.15) is 89.6 Å². The normalized spacial score (nSPS) is 12.1. The molecular weight excluding hydrogens is 895 g/mol. The molecule has 0 unspecified atom stereocenters. The van der Waals surface area contributed by atoms with Gasteiger partial charge in [-0.2, -0.15) is 0 Å². The van der Waals surface area contributed by atoms with Gasteiger partial charge in [0.15, 0.2) is 0 Å². The molecule has 4 aromatic carbocycles. The Hall–Kier alpha value is -4.48. The number of furan rings is 1. The van der Waals surface area contributed by atoms with Crippen molar-refractivity contribution in [1.29, 1.82) is 0 Å². The quantitative estimate of drug-likeness (QED) is 0.161. The number of thiazole rings is 1. The molecule has 0 aliphatic carbocycles. The number of fused-ring (bicyclic) bond motifs is 5. The maximum absolute atomic E-state index is 6.52. The Labute approximate surface area is 356 Å². The van der Waals surface area contributed by atoms with E-state index in [0.717, 1.165) is 72.5 Å². The Bertz CT molecular complexity index is 2650. The van der Waals surface area contributed by atoms with E-state index in [0.29, 0.717) is 5.41 Å². The van der Waals surface area contributed by atoms with Crippen molar-refractivity contribution in [2.45, 2.75) is 94.4 Å². The van der Waals surface area contributed by atoms with Crippen molar-refractivity contribution < 1.29 is 24.5 Å². The molecule has 0 spiro atoms. The molecule has 57 heavy (non-hydrogen) atoms. The van der Waals surface area contributed by atoms with Crippen LogP contribution in [0.15, 0.2) is 102 Å². The van der Waals surface area contributed by atoms with E-state index >= 15 is 0 Å². The van der Waals surface area contributed by atoms with Gasteiger partial charge in [0.25, 0.3) is 0 Å².